The molecular formula is C18H16F2N6O2. The second-order valence-corrected chi connectivity index (χ2v) is 6.70. The number of nitrogens with two attached hydrogens (primary N) is 1. The Morgan fingerprint density at radius 3 is 2.68 bits per heavy atom. The fourth-order valence-electron chi connectivity index (χ4n) is 3.21. The number of nitrogens with zero attached hydrogens (tertiary/aromatic N) is 4. The lowest BCUT2D eigenvalue weighted by molar-refractivity contribution is -0.108. The number of hydrogen-bond acceptors (Lipinski definition) is 7. The molecule has 0 bridgehead atoms. The summed E-state index contributed by atoms with van der Waals surface area (Å²) >= 11 is 0. The topological polar surface area (TPSA) is 116 Å². The molecule has 3 aromatic heterocycles. The molecule has 3 aromatic rings. The minimum Gasteiger partial charge on any atom is -0.368 e. The number of halogens is 2. The smallest absolute Gasteiger partial charge is 0.262 e. The second kappa shape index (κ2) is 6.63. The highest BCUT2D eigenvalue weighted by atomic mass is 19.3. The minimum atomic E-state index is -2.71. The van der Waals surface area contributed by atoms with E-state index in [1.165, 1.54) is 23.2 Å². The van der Waals surface area contributed by atoms with Crippen molar-refractivity contribution in [1.82, 2.24) is 19.5 Å². The Bertz CT molecular complexity index is 1110. The average molecular weight is 386 g/mol. The zero-order valence-corrected chi connectivity index (χ0v) is 14.6. The van der Waals surface area contributed by atoms with E-state index in [1.807, 2.05) is 0 Å². The number of alkyl halides is 2. The molecule has 0 spiro atoms. The summed E-state index contributed by atoms with van der Waals surface area (Å²) in [5.41, 5.74) is 6.11. The van der Waals surface area contributed by atoms with Gasteiger partial charge in [0.15, 0.2) is 0 Å². The van der Waals surface area contributed by atoms with Gasteiger partial charge in [-0.2, -0.15) is 0 Å². The van der Waals surface area contributed by atoms with Gasteiger partial charge in [0, 0.05) is 43.0 Å². The molecule has 0 radical (unpaired) electrons. The summed E-state index contributed by atoms with van der Waals surface area (Å²) in [5, 5.41) is 3.74. The Labute approximate surface area is 157 Å². The highest BCUT2D eigenvalue weighted by molar-refractivity contribution is 5.94. The van der Waals surface area contributed by atoms with E-state index in [0.717, 1.165) is 0 Å². The van der Waals surface area contributed by atoms with Crippen LogP contribution in [0, 0.1) is 0 Å². The lowest BCUT2D eigenvalue weighted by atomic mass is 9.88. The summed E-state index contributed by atoms with van der Waals surface area (Å²) in [6, 6.07) is 2.85. The standard InChI is InChI=1S/C18H16F2N6O2/c19-18(20)6-12(7-18)24-15-14-10(1-2-26(3-4-27)16(14)28)5-13(25-15)11-8-22-17(21)23-9-11/h1-2,4-5,8-9,12H,3,6-7H2,(H,24,25)(H2,21,22,23). The van der Waals surface area contributed by atoms with Gasteiger partial charge < -0.3 is 20.4 Å². The van der Waals surface area contributed by atoms with E-state index in [1.54, 1.807) is 12.1 Å². The van der Waals surface area contributed by atoms with Gasteiger partial charge in [-0.25, -0.2) is 23.7 Å². The third-order valence-corrected chi connectivity index (χ3v) is 4.63. The van der Waals surface area contributed by atoms with E-state index in [-0.39, 0.29) is 36.5 Å². The molecule has 0 aliphatic heterocycles. The first-order valence-electron chi connectivity index (χ1n) is 8.56. The van der Waals surface area contributed by atoms with Crippen molar-refractivity contribution in [3.8, 4) is 11.3 Å². The summed E-state index contributed by atoms with van der Waals surface area (Å²) in [6.07, 6.45) is 4.43. The number of aldehydes is 1. The Balaban J connectivity index is 1.85. The number of nitrogens with one attached hydrogen (secondary N) is 1. The average Bonchev–Trinajstić information content (AvgIpc) is 2.63. The molecule has 8 nitrogen and oxygen atoms in total. The molecule has 0 unspecified atom stereocenters. The van der Waals surface area contributed by atoms with Crippen molar-refractivity contribution >= 4 is 28.8 Å². The van der Waals surface area contributed by atoms with Gasteiger partial charge in [-0.15, -0.1) is 0 Å². The number of hydrogen-bond donors (Lipinski definition) is 2. The lowest BCUT2D eigenvalue weighted by Crippen LogP contribution is -2.44. The molecule has 0 saturated heterocycles. The molecule has 1 aliphatic rings. The van der Waals surface area contributed by atoms with Gasteiger partial charge in [0.05, 0.1) is 17.6 Å². The van der Waals surface area contributed by atoms with Crippen LogP contribution in [0.15, 0.2) is 35.5 Å². The summed E-state index contributed by atoms with van der Waals surface area (Å²) < 4.78 is 27.7. The van der Waals surface area contributed by atoms with Gasteiger partial charge in [0.25, 0.3) is 11.5 Å². The van der Waals surface area contributed by atoms with Crippen LogP contribution in [0.4, 0.5) is 20.5 Å². The van der Waals surface area contributed by atoms with Crippen LogP contribution in [-0.2, 0) is 11.3 Å². The van der Waals surface area contributed by atoms with E-state index in [0.29, 0.717) is 22.9 Å². The molecular weight excluding hydrogens is 370 g/mol. The van der Waals surface area contributed by atoms with Crippen LogP contribution >= 0.6 is 0 Å². The minimum absolute atomic E-state index is 0.108. The fraction of sp³-hybridized carbons (Fsp3) is 0.278. The summed E-state index contributed by atoms with van der Waals surface area (Å²) in [4.78, 5) is 35.9. The van der Waals surface area contributed by atoms with Crippen LogP contribution < -0.4 is 16.6 Å². The molecule has 3 heterocycles. The van der Waals surface area contributed by atoms with Crippen LogP contribution in [0.2, 0.25) is 0 Å². The Morgan fingerprint density at radius 2 is 2.04 bits per heavy atom. The number of carbonyl (C=O) groups is 1. The molecule has 10 heteroatoms. The van der Waals surface area contributed by atoms with Crippen molar-refractivity contribution in [3.63, 3.8) is 0 Å². The molecule has 1 fully saturated rings. The molecule has 3 N–H and O–H groups in total. The zero-order valence-electron chi connectivity index (χ0n) is 14.6. The number of aromatic nitrogens is 4. The number of anilines is 2. The first kappa shape index (κ1) is 18.0. The van der Waals surface area contributed by atoms with E-state index in [2.05, 4.69) is 20.3 Å². The van der Waals surface area contributed by atoms with Gasteiger partial charge in [0.2, 0.25) is 5.95 Å². The molecule has 0 atom stereocenters. The maximum Gasteiger partial charge on any atom is 0.262 e. The highest BCUT2D eigenvalue weighted by Gasteiger charge is 2.45. The van der Waals surface area contributed by atoms with Crippen LogP contribution in [0.5, 0.6) is 0 Å². The van der Waals surface area contributed by atoms with Crippen molar-refractivity contribution in [3.05, 3.63) is 41.1 Å². The van der Waals surface area contributed by atoms with Gasteiger partial charge in [-0.3, -0.25) is 4.79 Å². The maximum atomic E-state index is 13.2. The second-order valence-electron chi connectivity index (χ2n) is 6.70. The number of nitrogen functional groups attached to an aromatic ring is 1. The summed E-state index contributed by atoms with van der Waals surface area (Å²) in [7, 11) is 0. The van der Waals surface area contributed by atoms with Gasteiger partial charge >= 0.3 is 0 Å². The molecule has 1 aliphatic carbocycles. The van der Waals surface area contributed by atoms with Gasteiger partial charge in [-0.1, -0.05) is 0 Å². The quantitative estimate of drug-likeness (QED) is 0.643. The molecule has 1 saturated carbocycles. The van der Waals surface area contributed by atoms with E-state index < -0.39 is 17.5 Å². The van der Waals surface area contributed by atoms with Gasteiger partial charge in [-0.05, 0) is 17.5 Å². The number of pyridine rings is 2. The van der Waals surface area contributed by atoms with E-state index >= 15 is 0 Å². The van der Waals surface area contributed by atoms with Crippen LogP contribution in [0.3, 0.4) is 0 Å². The SMILES string of the molecule is Nc1ncc(-c2cc3ccn(CC=O)c(=O)c3c(NC3CC(F)(F)C3)n2)cn1. The van der Waals surface area contributed by atoms with E-state index in [9.17, 15) is 18.4 Å². The van der Waals surface area contributed by atoms with Crippen molar-refractivity contribution in [1.29, 1.82) is 0 Å². The highest BCUT2D eigenvalue weighted by Crippen LogP contribution is 2.39. The van der Waals surface area contributed by atoms with Crippen molar-refractivity contribution < 1.29 is 13.6 Å². The van der Waals surface area contributed by atoms with Crippen LogP contribution in [-0.4, -0.2) is 37.8 Å². The Hall–Kier alpha value is -3.43. The summed E-state index contributed by atoms with van der Waals surface area (Å²) in [5.74, 6) is -2.42. The zero-order chi connectivity index (χ0) is 19.9. The third kappa shape index (κ3) is 3.28. The first-order chi connectivity index (χ1) is 13.4. The summed E-state index contributed by atoms with van der Waals surface area (Å²) in [6.45, 7) is -0.108. The lowest BCUT2D eigenvalue weighted by Gasteiger charge is -2.35. The molecule has 0 amide bonds. The first-order valence-corrected chi connectivity index (χ1v) is 8.56. The Morgan fingerprint density at radius 1 is 1.32 bits per heavy atom. The van der Waals surface area contributed by atoms with Crippen LogP contribution in [0.25, 0.3) is 22.0 Å². The molecule has 28 heavy (non-hydrogen) atoms. The van der Waals surface area contributed by atoms with Crippen molar-refractivity contribution in [2.45, 2.75) is 31.4 Å². The fourth-order valence-corrected chi connectivity index (χ4v) is 3.21. The molecule has 0 aromatic carbocycles. The number of fused-ring (bicyclic) bond motifs is 1. The van der Waals surface area contributed by atoms with Crippen LogP contribution in [0.1, 0.15) is 12.8 Å². The van der Waals surface area contributed by atoms with E-state index in [4.69, 9.17) is 5.73 Å². The van der Waals surface area contributed by atoms with Gasteiger partial charge in [0.1, 0.15) is 12.1 Å². The third-order valence-electron chi connectivity index (χ3n) is 4.63. The Kier molecular flexibility index (Phi) is 4.25. The number of rotatable bonds is 5. The largest absolute Gasteiger partial charge is 0.368 e. The molecule has 4 rings (SSSR count). The molecule has 144 valence electrons. The van der Waals surface area contributed by atoms with Crippen molar-refractivity contribution in [2.75, 3.05) is 11.1 Å². The maximum absolute atomic E-state index is 13.2. The van der Waals surface area contributed by atoms with Crippen molar-refractivity contribution in [2.24, 2.45) is 0 Å². The number of carbonyl (C=O) groups excluding carboxylic acids is 1. The monoisotopic (exact) mass is 386 g/mol. The predicted molar refractivity (Wildman–Crippen MR) is 99.1 cm³/mol. The predicted octanol–water partition coefficient (Wildman–Crippen LogP) is 1.84. The normalized spacial score (nSPS) is 15.9.